The van der Waals surface area contributed by atoms with Crippen LogP contribution in [0.25, 0.3) is 0 Å². The molecule has 1 atom stereocenters. The van der Waals surface area contributed by atoms with Crippen molar-refractivity contribution in [1.29, 1.82) is 0 Å². The third-order valence-corrected chi connectivity index (χ3v) is 3.31. The van der Waals surface area contributed by atoms with Gasteiger partial charge < -0.3 is 4.74 Å². The first-order chi connectivity index (χ1) is 6.31. The minimum atomic E-state index is 0.759. The van der Waals surface area contributed by atoms with Crippen molar-refractivity contribution in [2.45, 2.75) is 39.0 Å². The maximum Gasteiger partial charge on any atom is 0.0961 e. The predicted octanol–water partition coefficient (Wildman–Crippen LogP) is 3.43. The smallest absolute Gasteiger partial charge is 0.0961 e. The molecular weight excluding hydrogens is 160 g/mol. The van der Waals surface area contributed by atoms with Gasteiger partial charge in [-0.3, -0.25) is 0 Å². The standard InChI is InChI=1S/C12H18O/c1-9-4-3-5-10-6-7-11(13-2)8-12(9)10/h8-9H,3-7H2,1-2H3/t9-/m1/s1. The first-order valence-corrected chi connectivity index (χ1v) is 5.27. The average Bonchev–Trinajstić information content (AvgIpc) is 2.18. The Morgan fingerprint density at radius 3 is 2.92 bits per heavy atom. The van der Waals surface area contributed by atoms with Gasteiger partial charge in [-0.1, -0.05) is 12.5 Å². The lowest BCUT2D eigenvalue weighted by molar-refractivity contribution is 0.272. The Morgan fingerprint density at radius 2 is 2.15 bits per heavy atom. The molecule has 0 saturated carbocycles. The third kappa shape index (κ3) is 1.65. The van der Waals surface area contributed by atoms with Crippen molar-refractivity contribution in [3.63, 3.8) is 0 Å². The monoisotopic (exact) mass is 178 g/mol. The Balaban J connectivity index is 2.26. The first-order valence-electron chi connectivity index (χ1n) is 5.27. The molecule has 0 amide bonds. The summed E-state index contributed by atoms with van der Waals surface area (Å²) in [6.07, 6.45) is 8.69. The van der Waals surface area contributed by atoms with Crippen LogP contribution >= 0.6 is 0 Å². The van der Waals surface area contributed by atoms with Crippen molar-refractivity contribution >= 4 is 0 Å². The highest BCUT2D eigenvalue weighted by atomic mass is 16.5. The van der Waals surface area contributed by atoms with E-state index in [1.165, 1.54) is 31.4 Å². The van der Waals surface area contributed by atoms with E-state index in [9.17, 15) is 0 Å². The van der Waals surface area contributed by atoms with E-state index in [4.69, 9.17) is 4.74 Å². The molecule has 0 fully saturated rings. The second-order valence-electron chi connectivity index (χ2n) is 4.17. The summed E-state index contributed by atoms with van der Waals surface area (Å²) in [7, 11) is 1.78. The van der Waals surface area contributed by atoms with Gasteiger partial charge in [0, 0.05) is 6.42 Å². The van der Waals surface area contributed by atoms with Gasteiger partial charge in [0.05, 0.1) is 12.9 Å². The topological polar surface area (TPSA) is 9.23 Å². The highest BCUT2D eigenvalue weighted by Gasteiger charge is 2.21. The van der Waals surface area contributed by atoms with E-state index in [2.05, 4.69) is 13.0 Å². The van der Waals surface area contributed by atoms with Gasteiger partial charge in [0.15, 0.2) is 0 Å². The Hall–Kier alpha value is -0.720. The maximum atomic E-state index is 5.32. The summed E-state index contributed by atoms with van der Waals surface area (Å²) in [5.41, 5.74) is 3.27. The number of rotatable bonds is 1. The lowest BCUT2D eigenvalue weighted by atomic mass is 9.79. The second kappa shape index (κ2) is 3.57. The fraction of sp³-hybridized carbons (Fsp3) is 0.667. The van der Waals surface area contributed by atoms with E-state index in [0.717, 1.165) is 12.3 Å². The molecule has 0 heterocycles. The summed E-state index contributed by atoms with van der Waals surface area (Å²) in [5, 5.41) is 0. The molecule has 0 aromatic heterocycles. The van der Waals surface area contributed by atoms with Gasteiger partial charge in [-0.2, -0.15) is 0 Å². The molecule has 2 aliphatic carbocycles. The molecule has 0 saturated heterocycles. The van der Waals surface area contributed by atoms with Crippen LogP contribution < -0.4 is 0 Å². The summed E-state index contributed by atoms with van der Waals surface area (Å²) in [4.78, 5) is 0. The molecule has 0 aromatic carbocycles. The summed E-state index contributed by atoms with van der Waals surface area (Å²) in [6.45, 7) is 2.34. The summed E-state index contributed by atoms with van der Waals surface area (Å²) < 4.78 is 5.32. The quantitative estimate of drug-likeness (QED) is 0.597. The molecule has 0 N–H and O–H groups in total. The number of hydrogen-bond donors (Lipinski definition) is 0. The highest BCUT2D eigenvalue weighted by Crippen LogP contribution is 2.37. The van der Waals surface area contributed by atoms with E-state index in [1.54, 1.807) is 18.3 Å². The van der Waals surface area contributed by atoms with E-state index < -0.39 is 0 Å². The maximum absolute atomic E-state index is 5.32. The van der Waals surface area contributed by atoms with Crippen LogP contribution in [-0.4, -0.2) is 7.11 Å². The molecular formula is C12H18O. The third-order valence-electron chi connectivity index (χ3n) is 3.31. The number of ether oxygens (including phenoxy) is 1. The molecule has 1 heteroatoms. The number of allylic oxidation sites excluding steroid dienone is 4. The summed E-state index contributed by atoms with van der Waals surface area (Å²) >= 11 is 0. The van der Waals surface area contributed by atoms with Crippen LogP contribution in [0.3, 0.4) is 0 Å². The van der Waals surface area contributed by atoms with E-state index in [0.29, 0.717) is 0 Å². The summed E-state index contributed by atoms with van der Waals surface area (Å²) in [5.74, 6) is 1.93. The van der Waals surface area contributed by atoms with Crippen molar-refractivity contribution in [2.24, 2.45) is 5.92 Å². The Labute approximate surface area is 80.5 Å². The van der Waals surface area contributed by atoms with Gasteiger partial charge in [-0.15, -0.1) is 0 Å². The van der Waals surface area contributed by atoms with E-state index in [-0.39, 0.29) is 0 Å². The molecule has 2 rings (SSSR count). The van der Waals surface area contributed by atoms with Crippen LogP contribution in [0.4, 0.5) is 0 Å². The molecule has 2 aliphatic rings. The van der Waals surface area contributed by atoms with Crippen LogP contribution in [0.1, 0.15) is 39.0 Å². The Kier molecular flexibility index (Phi) is 2.43. The van der Waals surface area contributed by atoms with Crippen molar-refractivity contribution in [3.05, 3.63) is 23.0 Å². The SMILES string of the molecule is COC1=CC2=C(CCC[C@H]2C)CC1. The molecule has 0 aliphatic heterocycles. The Morgan fingerprint density at radius 1 is 1.31 bits per heavy atom. The van der Waals surface area contributed by atoms with E-state index >= 15 is 0 Å². The largest absolute Gasteiger partial charge is 0.501 e. The fourth-order valence-electron chi connectivity index (χ4n) is 2.46. The van der Waals surface area contributed by atoms with Crippen molar-refractivity contribution < 1.29 is 4.74 Å². The van der Waals surface area contributed by atoms with Crippen LogP contribution in [0.15, 0.2) is 23.0 Å². The van der Waals surface area contributed by atoms with Gasteiger partial charge in [0.25, 0.3) is 0 Å². The molecule has 0 spiro atoms. The molecule has 0 aromatic rings. The minimum absolute atomic E-state index is 0.759. The predicted molar refractivity (Wildman–Crippen MR) is 54.4 cm³/mol. The lowest BCUT2D eigenvalue weighted by Crippen LogP contribution is -2.12. The van der Waals surface area contributed by atoms with Crippen molar-refractivity contribution in [3.8, 4) is 0 Å². The van der Waals surface area contributed by atoms with Gasteiger partial charge in [0.2, 0.25) is 0 Å². The van der Waals surface area contributed by atoms with E-state index in [1.807, 2.05) is 0 Å². The summed E-state index contributed by atoms with van der Waals surface area (Å²) in [6, 6.07) is 0. The second-order valence-corrected chi connectivity index (χ2v) is 4.17. The van der Waals surface area contributed by atoms with Crippen LogP contribution in [0.5, 0.6) is 0 Å². The zero-order valence-electron chi connectivity index (χ0n) is 8.60. The lowest BCUT2D eigenvalue weighted by Gasteiger charge is -2.28. The zero-order chi connectivity index (χ0) is 9.26. The highest BCUT2D eigenvalue weighted by molar-refractivity contribution is 5.34. The van der Waals surface area contributed by atoms with Gasteiger partial charge >= 0.3 is 0 Å². The molecule has 0 unspecified atom stereocenters. The number of hydrogen-bond acceptors (Lipinski definition) is 1. The van der Waals surface area contributed by atoms with Crippen LogP contribution in [0.2, 0.25) is 0 Å². The van der Waals surface area contributed by atoms with Crippen LogP contribution in [0, 0.1) is 5.92 Å². The van der Waals surface area contributed by atoms with Crippen molar-refractivity contribution in [2.75, 3.05) is 7.11 Å². The molecule has 13 heavy (non-hydrogen) atoms. The van der Waals surface area contributed by atoms with Gasteiger partial charge in [0.1, 0.15) is 0 Å². The Bertz CT molecular complexity index is 260. The molecule has 0 bridgehead atoms. The van der Waals surface area contributed by atoms with Crippen molar-refractivity contribution in [1.82, 2.24) is 0 Å². The average molecular weight is 178 g/mol. The molecule has 1 nitrogen and oxygen atoms in total. The fourth-order valence-corrected chi connectivity index (χ4v) is 2.46. The normalized spacial score (nSPS) is 28.2. The molecule has 72 valence electrons. The number of methoxy groups -OCH3 is 1. The molecule has 0 radical (unpaired) electrons. The first kappa shape index (κ1) is 8.86. The zero-order valence-corrected chi connectivity index (χ0v) is 8.60. The van der Waals surface area contributed by atoms with Gasteiger partial charge in [-0.25, -0.2) is 0 Å². The minimum Gasteiger partial charge on any atom is -0.501 e. The van der Waals surface area contributed by atoms with Crippen LogP contribution in [-0.2, 0) is 4.74 Å². The van der Waals surface area contributed by atoms with Gasteiger partial charge in [-0.05, 0) is 43.3 Å².